The first-order chi connectivity index (χ1) is 20.4. The second-order valence-corrected chi connectivity index (χ2v) is 12.3. The molecule has 2 aromatic carbocycles. The molecule has 0 saturated carbocycles. The number of fused-ring (bicyclic) bond motifs is 1. The summed E-state index contributed by atoms with van der Waals surface area (Å²) in [6.07, 6.45) is -0.674. The summed E-state index contributed by atoms with van der Waals surface area (Å²) < 4.78 is 45.9. The maximum Gasteiger partial charge on any atom is 0.321 e. The minimum absolute atomic E-state index is 0.0146. The van der Waals surface area contributed by atoms with Crippen LogP contribution < -0.4 is 19.5 Å². The first-order valence-corrected chi connectivity index (χ1v) is 15.2. The molecule has 3 aromatic rings. The van der Waals surface area contributed by atoms with Gasteiger partial charge in [0, 0.05) is 19.5 Å². The van der Waals surface area contributed by atoms with Gasteiger partial charge in [0.05, 0.1) is 42.4 Å². The van der Waals surface area contributed by atoms with Crippen molar-refractivity contribution in [1.82, 2.24) is 15.0 Å². The van der Waals surface area contributed by atoms with Gasteiger partial charge in [-0.05, 0) is 57.2 Å². The van der Waals surface area contributed by atoms with Crippen LogP contribution in [-0.4, -0.2) is 86.4 Å². The van der Waals surface area contributed by atoms with Gasteiger partial charge in [0.2, 0.25) is 0 Å². The van der Waals surface area contributed by atoms with Gasteiger partial charge in [-0.1, -0.05) is 18.1 Å². The van der Waals surface area contributed by atoms with Crippen LogP contribution in [0.3, 0.4) is 0 Å². The van der Waals surface area contributed by atoms with Gasteiger partial charge >= 0.3 is 6.03 Å². The highest BCUT2D eigenvalue weighted by atomic mass is 32.2. The zero-order valence-electron chi connectivity index (χ0n) is 24.9. The average molecular weight is 616 g/mol. The van der Waals surface area contributed by atoms with Gasteiger partial charge < -0.3 is 34.2 Å². The number of sulfonamides is 1. The lowest BCUT2D eigenvalue weighted by atomic mass is 9.99. The maximum absolute atomic E-state index is 13.7. The van der Waals surface area contributed by atoms with E-state index in [-0.39, 0.29) is 47.5 Å². The molecule has 1 aliphatic heterocycles. The number of likely N-dealkylation sites (N-methyl/N-ethyl adjacent to an activating group) is 1. The SMILES string of the molecule is COc1ccc(S(=O)(=O)Nc2cccc3c2O[C@H](CN(C)C(=O)Nc2c(C)noc2C)[C@@H](C)CN([C@@H](C)CO)C3=O)cc1. The molecule has 3 N–H and O–H groups in total. The van der Waals surface area contributed by atoms with Crippen LogP contribution in [0.25, 0.3) is 0 Å². The Labute approximate surface area is 250 Å². The first-order valence-electron chi connectivity index (χ1n) is 13.7. The molecule has 1 aliphatic rings. The number of carbonyl (C=O) groups is 2. The number of amides is 3. The van der Waals surface area contributed by atoms with Crippen molar-refractivity contribution >= 4 is 33.3 Å². The highest BCUT2D eigenvalue weighted by Gasteiger charge is 2.35. The van der Waals surface area contributed by atoms with E-state index in [1.807, 2.05) is 6.92 Å². The molecule has 0 aliphatic carbocycles. The fourth-order valence-corrected chi connectivity index (χ4v) is 5.78. The number of aliphatic hydroxyl groups is 1. The number of aryl methyl sites for hydroxylation is 2. The molecule has 3 atom stereocenters. The van der Waals surface area contributed by atoms with Crippen LogP contribution in [-0.2, 0) is 10.0 Å². The van der Waals surface area contributed by atoms with E-state index in [9.17, 15) is 23.1 Å². The number of urea groups is 1. The molecule has 2 heterocycles. The number of ether oxygens (including phenoxy) is 2. The normalized spacial score (nSPS) is 17.7. The van der Waals surface area contributed by atoms with Crippen molar-refractivity contribution in [2.24, 2.45) is 5.92 Å². The van der Waals surface area contributed by atoms with E-state index in [0.717, 1.165) is 0 Å². The lowest BCUT2D eigenvalue weighted by Gasteiger charge is -2.38. The predicted molar refractivity (Wildman–Crippen MR) is 159 cm³/mol. The van der Waals surface area contributed by atoms with Crippen LogP contribution in [0.5, 0.6) is 11.5 Å². The van der Waals surface area contributed by atoms with Crippen LogP contribution in [0.1, 0.15) is 35.7 Å². The van der Waals surface area contributed by atoms with Gasteiger partial charge in [0.25, 0.3) is 15.9 Å². The summed E-state index contributed by atoms with van der Waals surface area (Å²) >= 11 is 0. The minimum Gasteiger partial charge on any atom is -0.497 e. The number of benzene rings is 2. The molecule has 0 bridgehead atoms. The van der Waals surface area contributed by atoms with E-state index < -0.39 is 34.1 Å². The summed E-state index contributed by atoms with van der Waals surface area (Å²) in [7, 11) is -1.01. The van der Waals surface area contributed by atoms with Crippen molar-refractivity contribution in [3.8, 4) is 11.5 Å². The van der Waals surface area contributed by atoms with Crippen molar-refractivity contribution in [2.75, 3.05) is 43.9 Å². The lowest BCUT2D eigenvalue weighted by Crippen LogP contribution is -2.50. The molecule has 0 unspecified atom stereocenters. The molecule has 13 nitrogen and oxygen atoms in total. The van der Waals surface area contributed by atoms with Crippen LogP contribution in [0.2, 0.25) is 0 Å². The number of para-hydroxylation sites is 1. The highest BCUT2D eigenvalue weighted by molar-refractivity contribution is 7.92. The molecular formula is C29H37N5O8S. The van der Waals surface area contributed by atoms with Gasteiger partial charge in [0.1, 0.15) is 23.2 Å². The molecule has 0 fully saturated rings. The largest absolute Gasteiger partial charge is 0.497 e. The molecule has 0 spiro atoms. The first kappa shape index (κ1) is 31.6. The molecule has 0 radical (unpaired) electrons. The third-order valence-electron chi connectivity index (χ3n) is 7.37. The second kappa shape index (κ2) is 12.9. The summed E-state index contributed by atoms with van der Waals surface area (Å²) in [6.45, 7) is 7.03. The van der Waals surface area contributed by atoms with E-state index in [0.29, 0.717) is 22.9 Å². The maximum atomic E-state index is 13.7. The standard InChI is InChI=1S/C29H37N5O8S/c1-17-14-34(18(2)16-35)28(36)23-8-7-9-24(32-43(38,39)22-12-10-21(40-6)11-13-22)27(23)41-25(17)15-33(5)29(37)30-26-19(3)31-42-20(26)4/h7-13,17-18,25,32,35H,14-16H2,1-6H3,(H,30,37)/t17-,18-,25+/m0/s1. The number of aromatic nitrogens is 1. The fourth-order valence-electron chi connectivity index (χ4n) is 4.72. The summed E-state index contributed by atoms with van der Waals surface area (Å²) in [6, 6.07) is 9.50. The smallest absolute Gasteiger partial charge is 0.321 e. The third kappa shape index (κ3) is 6.86. The summed E-state index contributed by atoms with van der Waals surface area (Å²) in [5.41, 5.74) is 1.18. The fraction of sp³-hybridized carbons (Fsp3) is 0.414. The second-order valence-electron chi connectivity index (χ2n) is 10.6. The number of aliphatic hydroxyl groups excluding tert-OH is 1. The number of carbonyl (C=O) groups excluding carboxylic acids is 2. The number of hydrogen-bond acceptors (Lipinski definition) is 9. The Hall–Kier alpha value is -4.30. The van der Waals surface area contributed by atoms with Crippen molar-refractivity contribution in [2.45, 2.75) is 44.7 Å². The molecule has 14 heteroatoms. The minimum atomic E-state index is -4.09. The monoisotopic (exact) mass is 615 g/mol. The Morgan fingerprint density at radius 2 is 1.93 bits per heavy atom. The van der Waals surface area contributed by atoms with Crippen LogP contribution in [0, 0.1) is 19.8 Å². The van der Waals surface area contributed by atoms with Crippen LogP contribution >= 0.6 is 0 Å². The van der Waals surface area contributed by atoms with Crippen molar-refractivity contribution < 1.29 is 37.1 Å². The van der Waals surface area contributed by atoms with Gasteiger partial charge in [-0.2, -0.15) is 0 Å². The van der Waals surface area contributed by atoms with Crippen molar-refractivity contribution in [3.05, 3.63) is 59.5 Å². The van der Waals surface area contributed by atoms with E-state index >= 15 is 0 Å². The molecule has 1 aromatic heterocycles. The molecular weight excluding hydrogens is 578 g/mol. The Balaban J connectivity index is 1.69. The highest BCUT2D eigenvalue weighted by Crippen LogP contribution is 2.36. The number of anilines is 2. The van der Waals surface area contributed by atoms with Gasteiger partial charge in [-0.25, -0.2) is 13.2 Å². The predicted octanol–water partition coefficient (Wildman–Crippen LogP) is 3.48. The Morgan fingerprint density at radius 3 is 2.53 bits per heavy atom. The van der Waals surface area contributed by atoms with E-state index in [1.54, 1.807) is 40.0 Å². The van der Waals surface area contributed by atoms with Gasteiger partial charge in [-0.15, -0.1) is 0 Å². The molecule has 4 rings (SSSR count). The lowest BCUT2D eigenvalue weighted by molar-refractivity contribution is 0.0373. The van der Waals surface area contributed by atoms with E-state index in [1.165, 1.54) is 47.2 Å². The number of methoxy groups -OCH3 is 1. The quantitative estimate of drug-likeness (QED) is 0.327. The Kier molecular flexibility index (Phi) is 9.50. The van der Waals surface area contributed by atoms with Gasteiger partial charge in [-0.3, -0.25) is 9.52 Å². The molecule has 43 heavy (non-hydrogen) atoms. The zero-order valence-corrected chi connectivity index (χ0v) is 25.8. The number of nitrogens with one attached hydrogen (secondary N) is 2. The topological polar surface area (TPSA) is 164 Å². The van der Waals surface area contributed by atoms with Crippen molar-refractivity contribution in [3.63, 3.8) is 0 Å². The van der Waals surface area contributed by atoms with Crippen molar-refractivity contribution in [1.29, 1.82) is 0 Å². The zero-order chi connectivity index (χ0) is 31.5. The Bertz CT molecular complexity index is 1550. The number of hydrogen-bond donors (Lipinski definition) is 3. The molecule has 232 valence electrons. The number of rotatable bonds is 9. The van der Waals surface area contributed by atoms with E-state index in [2.05, 4.69) is 15.2 Å². The van der Waals surface area contributed by atoms with Crippen LogP contribution in [0.15, 0.2) is 51.9 Å². The van der Waals surface area contributed by atoms with Gasteiger partial charge in [0.15, 0.2) is 11.5 Å². The number of nitrogens with zero attached hydrogens (tertiary/aromatic N) is 3. The average Bonchev–Trinajstić information content (AvgIpc) is 3.30. The van der Waals surface area contributed by atoms with E-state index in [4.69, 9.17) is 14.0 Å². The summed E-state index contributed by atoms with van der Waals surface area (Å²) in [4.78, 5) is 29.8. The summed E-state index contributed by atoms with van der Waals surface area (Å²) in [5.74, 6) is 0.235. The third-order valence-corrected chi connectivity index (χ3v) is 8.75. The summed E-state index contributed by atoms with van der Waals surface area (Å²) in [5, 5.41) is 16.6. The Morgan fingerprint density at radius 1 is 1.23 bits per heavy atom. The van der Waals surface area contributed by atoms with Crippen LogP contribution in [0.4, 0.5) is 16.2 Å². The molecule has 3 amide bonds. The molecule has 0 saturated heterocycles.